The van der Waals surface area contributed by atoms with Crippen LogP contribution in [0.25, 0.3) is 5.57 Å². The Labute approximate surface area is 189 Å². The molecular weight excluding hydrogens is 442 g/mol. The van der Waals surface area contributed by atoms with Crippen LogP contribution in [0.1, 0.15) is 51.0 Å². The van der Waals surface area contributed by atoms with Crippen LogP contribution in [-0.2, 0) is 4.79 Å². The van der Waals surface area contributed by atoms with E-state index in [2.05, 4.69) is 5.32 Å². The SMILES string of the molecule is CC1=C(C2=CC(c3ccc(Cl)c(F)c3)=CC=CCC2)C(=O)NC12CCC(C(F)(F)F)CC2. The third kappa shape index (κ3) is 4.29. The molecule has 1 heterocycles. The number of amides is 1. The summed E-state index contributed by atoms with van der Waals surface area (Å²) < 4.78 is 53.5. The maximum Gasteiger partial charge on any atom is 0.391 e. The standard InChI is InChI=1S/C25H24ClF4NO/c1-15-22(23(32)31-24(15)11-9-19(10-12-24)25(28,29)30)18-6-4-2-3-5-16(13-18)17-7-8-20(26)21(27)14-17/h2-3,5,7-8,13-14,19H,4,6,9-12H2,1H3,(H,31,32). The third-order valence-corrected chi connectivity index (χ3v) is 7.18. The molecule has 170 valence electrons. The lowest BCUT2D eigenvalue weighted by Gasteiger charge is -2.39. The van der Waals surface area contributed by atoms with E-state index in [0.29, 0.717) is 17.6 Å². The van der Waals surface area contributed by atoms with Gasteiger partial charge in [-0.3, -0.25) is 4.79 Å². The van der Waals surface area contributed by atoms with E-state index in [0.717, 1.165) is 23.1 Å². The van der Waals surface area contributed by atoms with Crippen LogP contribution in [0.15, 0.2) is 59.2 Å². The van der Waals surface area contributed by atoms with Gasteiger partial charge in [0.25, 0.3) is 5.91 Å². The fraction of sp³-hybridized carbons (Fsp3) is 0.400. The first-order valence-electron chi connectivity index (χ1n) is 10.7. The largest absolute Gasteiger partial charge is 0.391 e. The van der Waals surface area contributed by atoms with Crippen LogP contribution < -0.4 is 5.32 Å². The summed E-state index contributed by atoms with van der Waals surface area (Å²) >= 11 is 5.81. The summed E-state index contributed by atoms with van der Waals surface area (Å²) in [4.78, 5) is 13.0. The zero-order valence-corrected chi connectivity index (χ0v) is 18.4. The van der Waals surface area contributed by atoms with Crippen molar-refractivity contribution in [3.63, 3.8) is 0 Å². The number of halogens is 5. The van der Waals surface area contributed by atoms with Gasteiger partial charge in [0.15, 0.2) is 0 Å². The number of hydrogen-bond donors (Lipinski definition) is 1. The number of alkyl halides is 3. The maximum absolute atomic E-state index is 14.0. The number of carbonyl (C=O) groups excluding carboxylic acids is 1. The Morgan fingerprint density at radius 3 is 2.56 bits per heavy atom. The smallest absolute Gasteiger partial charge is 0.343 e. The zero-order valence-electron chi connectivity index (χ0n) is 17.7. The molecule has 0 unspecified atom stereocenters. The zero-order chi connectivity index (χ0) is 23.1. The summed E-state index contributed by atoms with van der Waals surface area (Å²) in [5.41, 5.74) is 2.81. The van der Waals surface area contributed by atoms with Gasteiger partial charge in [-0.2, -0.15) is 13.2 Å². The van der Waals surface area contributed by atoms with Crippen molar-refractivity contribution >= 4 is 23.1 Å². The number of rotatable bonds is 2. The molecule has 2 nitrogen and oxygen atoms in total. The molecule has 1 fully saturated rings. The van der Waals surface area contributed by atoms with E-state index >= 15 is 0 Å². The van der Waals surface area contributed by atoms with E-state index < -0.39 is 23.5 Å². The summed E-state index contributed by atoms with van der Waals surface area (Å²) in [5, 5.41) is 3.04. The van der Waals surface area contributed by atoms with Crippen molar-refractivity contribution in [3.8, 4) is 0 Å². The third-order valence-electron chi connectivity index (χ3n) is 6.87. The van der Waals surface area contributed by atoms with E-state index in [4.69, 9.17) is 11.6 Å². The molecule has 0 aromatic heterocycles. The molecule has 0 saturated heterocycles. The van der Waals surface area contributed by atoms with Crippen molar-refractivity contribution in [1.82, 2.24) is 5.32 Å². The summed E-state index contributed by atoms with van der Waals surface area (Å²) in [6.07, 6.45) is 5.29. The number of allylic oxidation sites excluding steroid dienone is 5. The second-order valence-corrected chi connectivity index (χ2v) is 9.15. The van der Waals surface area contributed by atoms with Gasteiger partial charge >= 0.3 is 6.18 Å². The molecule has 0 atom stereocenters. The highest BCUT2D eigenvalue weighted by atomic mass is 35.5. The predicted molar refractivity (Wildman–Crippen MR) is 117 cm³/mol. The van der Waals surface area contributed by atoms with E-state index in [1.807, 2.05) is 31.2 Å². The topological polar surface area (TPSA) is 29.1 Å². The van der Waals surface area contributed by atoms with E-state index in [1.54, 1.807) is 6.07 Å². The molecule has 1 aromatic carbocycles. The molecule has 1 aliphatic heterocycles. The van der Waals surface area contributed by atoms with Crippen molar-refractivity contribution in [3.05, 3.63) is 75.6 Å². The molecule has 2 aliphatic carbocycles. The van der Waals surface area contributed by atoms with Crippen molar-refractivity contribution in [2.24, 2.45) is 5.92 Å². The van der Waals surface area contributed by atoms with Gasteiger partial charge in [0.2, 0.25) is 0 Å². The van der Waals surface area contributed by atoms with Crippen molar-refractivity contribution in [2.45, 2.75) is 57.2 Å². The van der Waals surface area contributed by atoms with Gasteiger partial charge < -0.3 is 5.32 Å². The fourth-order valence-corrected chi connectivity index (χ4v) is 5.09. The number of nitrogens with one attached hydrogen (secondary N) is 1. The Morgan fingerprint density at radius 2 is 1.91 bits per heavy atom. The minimum Gasteiger partial charge on any atom is -0.343 e. The van der Waals surface area contributed by atoms with Crippen LogP contribution in [-0.4, -0.2) is 17.6 Å². The van der Waals surface area contributed by atoms with Gasteiger partial charge in [0.1, 0.15) is 5.82 Å². The van der Waals surface area contributed by atoms with Gasteiger partial charge in [0.05, 0.1) is 16.5 Å². The van der Waals surface area contributed by atoms with E-state index in [1.165, 1.54) is 12.1 Å². The average molecular weight is 466 g/mol. The Kier molecular flexibility index (Phi) is 6.10. The van der Waals surface area contributed by atoms with Gasteiger partial charge in [-0.05, 0) is 79.9 Å². The normalized spacial score (nSPS) is 26.6. The maximum atomic E-state index is 14.0. The Hall–Kier alpha value is -2.34. The molecule has 1 N–H and O–H groups in total. The van der Waals surface area contributed by atoms with E-state index in [9.17, 15) is 22.4 Å². The van der Waals surface area contributed by atoms with Gasteiger partial charge in [-0.25, -0.2) is 4.39 Å². The lowest BCUT2D eigenvalue weighted by molar-refractivity contribution is -0.184. The van der Waals surface area contributed by atoms with Gasteiger partial charge in [0, 0.05) is 5.57 Å². The number of hydrogen-bond acceptors (Lipinski definition) is 1. The van der Waals surface area contributed by atoms with Gasteiger partial charge in [-0.1, -0.05) is 42.0 Å². The lowest BCUT2D eigenvalue weighted by Crippen LogP contribution is -2.48. The molecule has 1 amide bonds. The molecule has 0 bridgehead atoms. The Morgan fingerprint density at radius 1 is 1.19 bits per heavy atom. The highest BCUT2D eigenvalue weighted by Crippen LogP contribution is 2.47. The first-order chi connectivity index (χ1) is 15.1. The molecule has 1 aromatic rings. The van der Waals surface area contributed by atoms with Crippen LogP contribution in [0.5, 0.6) is 0 Å². The van der Waals surface area contributed by atoms with Crippen molar-refractivity contribution in [2.75, 3.05) is 0 Å². The second-order valence-electron chi connectivity index (χ2n) is 8.74. The van der Waals surface area contributed by atoms with Crippen LogP contribution in [0, 0.1) is 11.7 Å². The van der Waals surface area contributed by atoms with Crippen LogP contribution >= 0.6 is 11.6 Å². The first-order valence-corrected chi connectivity index (χ1v) is 11.1. The highest BCUT2D eigenvalue weighted by molar-refractivity contribution is 6.30. The van der Waals surface area contributed by atoms with Crippen LogP contribution in [0.4, 0.5) is 17.6 Å². The minimum atomic E-state index is -4.20. The summed E-state index contributed by atoms with van der Waals surface area (Å²) in [6.45, 7) is 1.85. The fourth-order valence-electron chi connectivity index (χ4n) is 4.97. The molecule has 3 aliphatic rings. The molecule has 1 spiro atoms. The lowest BCUT2D eigenvalue weighted by atomic mass is 9.72. The second kappa shape index (κ2) is 8.54. The van der Waals surface area contributed by atoms with Crippen LogP contribution in [0.3, 0.4) is 0 Å². The monoisotopic (exact) mass is 465 g/mol. The highest BCUT2D eigenvalue weighted by Gasteiger charge is 2.50. The van der Waals surface area contributed by atoms with Crippen LogP contribution in [0.2, 0.25) is 5.02 Å². The van der Waals surface area contributed by atoms with Crippen molar-refractivity contribution in [1.29, 1.82) is 0 Å². The molecule has 7 heteroatoms. The summed E-state index contributed by atoms with van der Waals surface area (Å²) in [7, 11) is 0. The molecule has 0 radical (unpaired) electrons. The van der Waals surface area contributed by atoms with E-state index in [-0.39, 0.29) is 36.6 Å². The van der Waals surface area contributed by atoms with Crippen molar-refractivity contribution < 1.29 is 22.4 Å². The molecule has 1 saturated carbocycles. The number of benzene rings is 1. The average Bonchev–Trinajstić information content (AvgIpc) is 2.94. The van der Waals surface area contributed by atoms with Gasteiger partial charge in [-0.15, -0.1) is 0 Å². The molecule has 32 heavy (non-hydrogen) atoms. The minimum absolute atomic E-state index is 0.00535. The Balaban J connectivity index is 1.69. The predicted octanol–water partition coefficient (Wildman–Crippen LogP) is 7.08. The number of carbonyl (C=O) groups is 1. The summed E-state index contributed by atoms with van der Waals surface area (Å²) in [6, 6.07) is 4.56. The molecule has 4 rings (SSSR count). The molecular formula is C25H24ClF4NO. The first kappa shape index (κ1) is 22.8. The summed E-state index contributed by atoms with van der Waals surface area (Å²) in [5.74, 6) is -2.09. The quantitative estimate of drug-likeness (QED) is 0.465. The Bertz CT molecular complexity index is 1060.